The van der Waals surface area contributed by atoms with Gasteiger partial charge in [-0.1, -0.05) is 19.8 Å². The Morgan fingerprint density at radius 2 is 1.90 bits per heavy atom. The summed E-state index contributed by atoms with van der Waals surface area (Å²) in [7, 11) is 2.12. The summed E-state index contributed by atoms with van der Waals surface area (Å²) >= 11 is 0. The summed E-state index contributed by atoms with van der Waals surface area (Å²) in [6.07, 6.45) is 4.24. The Hall–Kier alpha value is -1.36. The molecule has 112 valence electrons. The van der Waals surface area contributed by atoms with Gasteiger partial charge in [0, 0.05) is 37.4 Å². The maximum atomic E-state index is 12.2. The fraction of sp³-hybridized carbons (Fsp3) is 0.733. The smallest absolute Gasteiger partial charge is 0.255 e. The highest BCUT2D eigenvalue weighted by Crippen LogP contribution is 2.12. The molecule has 1 aliphatic rings. The van der Waals surface area contributed by atoms with Crippen molar-refractivity contribution in [3.63, 3.8) is 0 Å². The van der Waals surface area contributed by atoms with Gasteiger partial charge in [-0.25, -0.2) is 4.98 Å². The quantitative estimate of drug-likeness (QED) is 0.831. The first kappa shape index (κ1) is 15.0. The molecule has 0 aliphatic carbocycles. The Morgan fingerprint density at radius 3 is 2.50 bits per heavy atom. The van der Waals surface area contributed by atoms with Crippen molar-refractivity contribution in [2.24, 2.45) is 0 Å². The normalized spacial score (nSPS) is 16.6. The van der Waals surface area contributed by atoms with Crippen molar-refractivity contribution in [1.82, 2.24) is 14.9 Å². The molecule has 0 atom stereocenters. The number of aromatic amines is 1. The molecule has 1 fully saturated rings. The first-order chi connectivity index (χ1) is 9.61. The molecule has 1 N–H and O–H groups in total. The van der Waals surface area contributed by atoms with E-state index in [1.54, 1.807) is 0 Å². The lowest BCUT2D eigenvalue weighted by Crippen LogP contribution is -2.45. The Kier molecular flexibility index (Phi) is 5.17. The number of hydrogen-bond donors (Lipinski definition) is 1. The number of rotatable bonds is 5. The molecule has 1 aromatic heterocycles. The number of aromatic nitrogens is 2. The first-order valence-electron chi connectivity index (χ1n) is 7.65. The lowest BCUT2D eigenvalue weighted by Gasteiger charge is -2.32. The van der Waals surface area contributed by atoms with Gasteiger partial charge in [0.25, 0.3) is 5.56 Å². The number of nitrogens with zero attached hydrogens (tertiary/aromatic N) is 3. The lowest BCUT2D eigenvalue weighted by molar-refractivity contribution is 0.311. The van der Waals surface area contributed by atoms with Gasteiger partial charge in [0.2, 0.25) is 5.95 Å². The molecule has 0 saturated carbocycles. The zero-order chi connectivity index (χ0) is 14.5. The molecule has 1 saturated heterocycles. The van der Waals surface area contributed by atoms with Gasteiger partial charge in [-0.05, 0) is 26.8 Å². The number of hydrogen-bond acceptors (Lipinski definition) is 4. The predicted octanol–water partition coefficient (Wildman–Crippen LogP) is 1.56. The van der Waals surface area contributed by atoms with E-state index in [1.807, 2.05) is 6.92 Å². The van der Waals surface area contributed by atoms with Crippen LogP contribution in [0.25, 0.3) is 0 Å². The van der Waals surface area contributed by atoms with E-state index in [-0.39, 0.29) is 5.56 Å². The third-order valence-electron chi connectivity index (χ3n) is 4.04. The number of unbranched alkanes of at least 4 members (excludes halogenated alkanes) is 2. The molecule has 0 radical (unpaired) electrons. The van der Waals surface area contributed by atoms with Crippen LogP contribution in [0.1, 0.15) is 37.4 Å². The minimum atomic E-state index is 0.0440. The van der Waals surface area contributed by atoms with Crippen LogP contribution in [-0.2, 0) is 6.42 Å². The Bertz CT molecular complexity index is 489. The van der Waals surface area contributed by atoms with E-state index in [0.29, 0.717) is 0 Å². The lowest BCUT2D eigenvalue weighted by atomic mass is 10.1. The number of piperazine rings is 1. The maximum Gasteiger partial charge on any atom is 0.255 e. The summed E-state index contributed by atoms with van der Waals surface area (Å²) in [6, 6.07) is 0. The average Bonchev–Trinajstić information content (AvgIpc) is 2.42. The van der Waals surface area contributed by atoms with Gasteiger partial charge >= 0.3 is 0 Å². The van der Waals surface area contributed by atoms with E-state index in [4.69, 9.17) is 0 Å². The summed E-state index contributed by atoms with van der Waals surface area (Å²) < 4.78 is 0. The molecule has 5 heteroatoms. The highest BCUT2D eigenvalue weighted by molar-refractivity contribution is 5.33. The molecular formula is C15H26N4O. The van der Waals surface area contributed by atoms with Crippen molar-refractivity contribution < 1.29 is 0 Å². The number of nitrogens with one attached hydrogen (secondary N) is 1. The molecule has 5 nitrogen and oxygen atoms in total. The van der Waals surface area contributed by atoms with Crippen LogP contribution in [0.4, 0.5) is 5.95 Å². The van der Waals surface area contributed by atoms with Gasteiger partial charge in [0.05, 0.1) is 0 Å². The van der Waals surface area contributed by atoms with E-state index in [1.165, 1.54) is 12.8 Å². The predicted molar refractivity (Wildman–Crippen MR) is 82.5 cm³/mol. The SMILES string of the molecule is CCCCCc1c(C)nc(N2CCN(C)CC2)[nH]c1=O. The van der Waals surface area contributed by atoms with Gasteiger partial charge < -0.3 is 9.80 Å². The van der Waals surface area contributed by atoms with Crippen LogP contribution in [0.5, 0.6) is 0 Å². The second-order valence-electron chi connectivity index (χ2n) is 5.70. The summed E-state index contributed by atoms with van der Waals surface area (Å²) in [6.45, 7) is 8.01. The van der Waals surface area contributed by atoms with E-state index >= 15 is 0 Å². The van der Waals surface area contributed by atoms with E-state index in [9.17, 15) is 4.79 Å². The fourth-order valence-electron chi connectivity index (χ4n) is 2.61. The molecule has 0 unspecified atom stereocenters. The molecule has 0 bridgehead atoms. The number of likely N-dealkylation sites (N-methyl/N-ethyl adjacent to an activating group) is 1. The second-order valence-corrected chi connectivity index (χ2v) is 5.70. The minimum absolute atomic E-state index is 0.0440. The van der Waals surface area contributed by atoms with Crippen LogP contribution in [0.15, 0.2) is 4.79 Å². The monoisotopic (exact) mass is 278 g/mol. The molecular weight excluding hydrogens is 252 g/mol. The van der Waals surface area contributed by atoms with Gasteiger partial charge in [0.1, 0.15) is 0 Å². The number of anilines is 1. The van der Waals surface area contributed by atoms with Gasteiger partial charge in [-0.2, -0.15) is 0 Å². The van der Waals surface area contributed by atoms with Crippen molar-refractivity contribution in [2.45, 2.75) is 39.5 Å². The van der Waals surface area contributed by atoms with Crippen LogP contribution in [0.3, 0.4) is 0 Å². The molecule has 0 spiro atoms. The van der Waals surface area contributed by atoms with E-state index in [0.717, 1.165) is 56.2 Å². The Labute approximate surface area is 121 Å². The van der Waals surface area contributed by atoms with Crippen LogP contribution in [0, 0.1) is 6.92 Å². The van der Waals surface area contributed by atoms with E-state index in [2.05, 4.69) is 33.7 Å². The summed E-state index contributed by atoms with van der Waals surface area (Å²) in [5, 5.41) is 0. The molecule has 0 aromatic carbocycles. The highest BCUT2D eigenvalue weighted by Gasteiger charge is 2.17. The maximum absolute atomic E-state index is 12.2. The van der Waals surface area contributed by atoms with Crippen molar-refractivity contribution >= 4 is 5.95 Å². The van der Waals surface area contributed by atoms with Crippen LogP contribution < -0.4 is 10.5 Å². The standard InChI is InChI=1S/C15H26N4O/c1-4-5-6-7-13-12(2)16-15(17-14(13)20)19-10-8-18(3)9-11-19/h4-11H2,1-3H3,(H,16,17,20). The number of H-pyrrole nitrogens is 1. The molecule has 1 aliphatic heterocycles. The summed E-state index contributed by atoms with van der Waals surface area (Å²) in [4.78, 5) is 24.3. The molecule has 0 amide bonds. The zero-order valence-corrected chi connectivity index (χ0v) is 12.9. The van der Waals surface area contributed by atoms with Crippen molar-refractivity contribution in [1.29, 1.82) is 0 Å². The fourth-order valence-corrected chi connectivity index (χ4v) is 2.61. The van der Waals surface area contributed by atoms with Gasteiger partial charge in [0.15, 0.2) is 0 Å². The Balaban J connectivity index is 2.11. The third kappa shape index (κ3) is 3.60. The topological polar surface area (TPSA) is 52.2 Å². The first-order valence-corrected chi connectivity index (χ1v) is 7.65. The van der Waals surface area contributed by atoms with Crippen LogP contribution in [0.2, 0.25) is 0 Å². The van der Waals surface area contributed by atoms with Crippen molar-refractivity contribution in [3.8, 4) is 0 Å². The zero-order valence-electron chi connectivity index (χ0n) is 12.9. The highest BCUT2D eigenvalue weighted by atomic mass is 16.1. The van der Waals surface area contributed by atoms with Crippen LogP contribution in [-0.4, -0.2) is 48.1 Å². The molecule has 20 heavy (non-hydrogen) atoms. The molecule has 2 rings (SSSR count). The Morgan fingerprint density at radius 1 is 1.20 bits per heavy atom. The third-order valence-corrected chi connectivity index (χ3v) is 4.04. The molecule has 1 aromatic rings. The minimum Gasteiger partial charge on any atom is -0.340 e. The summed E-state index contributed by atoms with van der Waals surface area (Å²) in [5.41, 5.74) is 1.79. The van der Waals surface area contributed by atoms with Crippen molar-refractivity contribution in [2.75, 3.05) is 38.1 Å². The van der Waals surface area contributed by atoms with E-state index < -0.39 is 0 Å². The largest absolute Gasteiger partial charge is 0.340 e. The number of aryl methyl sites for hydroxylation is 1. The van der Waals surface area contributed by atoms with Crippen molar-refractivity contribution in [3.05, 3.63) is 21.6 Å². The molecule has 2 heterocycles. The summed E-state index contributed by atoms with van der Waals surface area (Å²) in [5.74, 6) is 0.736. The van der Waals surface area contributed by atoms with Gasteiger partial charge in [-0.3, -0.25) is 9.78 Å². The van der Waals surface area contributed by atoms with Crippen LogP contribution >= 0.6 is 0 Å². The second kappa shape index (κ2) is 6.88. The average molecular weight is 278 g/mol. The van der Waals surface area contributed by atoms with Gasteiger partial charge in [-0.15, -0.1) is 0 Å².